The number of aldehydes is 1. The summed E-state index contributed by atoms with van der Waals surface area (Å²) < 4.78 is 2.00. The van der Waals surface area contributed by atoms with Crippen LogP contribution in [-0.2, 0) is 33.8 Å². The number of carbonyl (C=O) groups excluding carboxylic acids is 2. The summed E-state index contributed by atoms with van der Waals surface area (Å²) in [6.07, 6.45) is 7.62. The molecule has 0 saturated carbocycles. The molecule has 1 aliphatic carbocycles. The Morgan fingerprint density at radius 2 is 1.89 bits per heavy atom. The van der Waals surface area contributed by atoms with Crippen molar-refractivity contribution in [1.29, 1.82) is 0 Å². The van der Waals surface area contributed by atoms with Gasteiger partial charge in [-0.3, -0.25) is 19.7 Å². The molecule has 1 heterocycles. The second-order valence-electron chi connectivity index (χ2n) is 8.54. The first-order chi connectivity index (χ1) is 17.4. The van der Waals surface area contributed by atoms with Crippen LogP contribution in [-0.4, -0.2) is 40.3 Å². The van der Waals surface area contributed by atoms with Crippen molar-refractivity contribution in [2.24, 2.45) is 10.7 Å². The van der Waals surface area contributed by atoms with E-state index in [2.05, 4.69) is 15.6 Å². The number of aliphatic carboxylic acids is 1. The number of carboxylic acid groups (broad SMARTS) is 1. The first kappa shape index (κ1) is 24.7. The third-order valence-corrected chi connectivity index (χ3v) is 6.01. The van der Waals surface area contributed by atoms with Crippen LogP contribution < -0.4 is 21.7 Å². The zero-order valence-electron chi connectivity index (χ0n) is 19.7. The highest BCUT2D eigenvalue weighted by molar-refractivity contribution is 6.30. The lowest BCUT2D eigenvalue weighted by Gasteiger charge is -2.26. The summed E-state index contributed by atoms with van der Waals surface area (Å²) in [7, 11) is 0. The molecule has 4 rings (SSSR count). The predicted octanol–water partition coefficient (Wildman–Crippen LogP) is 1.70. The minimum absolute atomic E-state index is 0.214. The highest BCUT2D eigenvalue weighted by Gasteiger charge is 2.23. The summed E-state index contributed by atoms with van der Waals surface area (Å²) >= 11 is 0. The Bertz CT molecular complexity index is 1300. The maximum absolute atomic E-state index is 11.9. The highest BCUT2D eigenvalue weighted by Crippen LogP contribution is 2.38. The second-order valence-corrected chi connectivity index (χ2v) is 8.54. The van der Waals surface area contributed by atoms with Gasteiger partial charge in [0.2, 0.25) is 6.29 Å². The van der Waals surface area contributed by atoms with Gasteiger partial charge >= 0.3 is 5.97 Å². The number of nitrogens with two attached hydrogens (primary N) is 2. The zero-order valence-corrected chi connectivity index (χ0v) is 19.7. The van der Waals surface area contributed by atoms with E-state index in [9.17, 15) is 19.5 Å². The number of amides is 1. The molecule has 1 aliphatic rings. The van der Waals surface area contributed by atoms with Crippen LogP contribution in [0.5, 0.6) is 0 Å². The summed E-state index contributed by atoms with van der Waals surface area (Å²) in [5.74, 6) is -1.38. The average molecular weight is 490 g/mol. The van der Waals surface area contributed by atoms with Gasteiger partial charge in [0.25, 0.3) is 11.9 Å². The summed E-state index contributed by atoms with van der Waals surface area (Å²) in [5.41, 5.74) is 11.7. The number of hydrogen-bond donors (Lipinski definition) is 5. The van der Waals surface area contributed by atoms with Crippen LogP contribution in [0.15, 0.2) is 59.9 Å². The fraction of sp³-hybridized carbons (Fsp3) is 0.231. The van der Waals surface area contributed by atoms with E-state index < -0.39 is 11.9 Å². The van der Waals surface area contributed by atoms with Gasteiger partial charge in [-0.1, -0.05) is 18.2 Å². The Morgan fingerprint density at radius 1 is 1.14 bits per heavy atom. The second kappa shape index (κ2) is 11.3. The lowest BCUT2D eigenvalue weighted by atomic mass is 9.88. The average Bonchev–Trinajstić information content (AvgIpc) is 3.36. The number of benzene rings is 2. The van der Waals surface area contributed by atoms with Gasteiger partial charge in [-0.2, -0.15) is 4.99 Å². The van der Waals surface area contributed by atoms with Gasteiger partial charge in [0.05, 0.1) is 22.7 Å². The zero-order chi connectivity index (χ0) is 25.5. The summed E-state index contributed by atoms with van der Waals surface area (Å²) in [4.78, 5) is 38.5. The molecule has 3 aromatic rings. The number of aliphatic imine (C=N–C) groups is 1. The van der Waals surface area contributed by atoms with Gasteiger partial charge < -0.3 is 26.0 Å². The number of fused-ring (bicyclic) bond motifs is 1. The molecule has 0 spiro atoms. The van der Waals surface area contributed by atoms with E-state index in [-0.39, 0.29) is 12.8 Å². The van der Waals surface area contributed by atoms with E-state index in [4.69, 9.17) is 5.73 Å². The monoisotopic (exact) mass is 489 g/mol. The quantitative estimate of drug-likeness (QED) is 0.133. The normalized spacial score (nSPS) is 13.1. The van der Waals surface area contributed by atoms with Gasteiger partial charge in [-0.05, 0) is 61.1 Å². The van der Waals surface area contributed by atoms with E-state index in [0.29, 0.717) is 30.3 Å². The van der Waals surface area contributed by atoms with Crippen LogP contribution in [0.1, 0.15) is 29.5 Å². The number of carbonyl (C=O) groups is 3. The van der Waals surface area contributed by atoms with Crippen molar-refractivity contribution in [2.45, 2.75) is 32.2 Å². The van der Waals surface area contributed by atoms with Crippen molar-refractivity contribution in [3.8, 4) is 5.69 Å². The fourth-order valence-electron chi connectivity index (χ4n) is 4.39. The van der Waals surface area contributed by atoms with E-state index in [1.807, 2.05) is 64.7 Å². The van der Waals surface area contributed by atoms with E-state index in [0.717, 1.165) is 47.3 Å². The van der Waals surface area contributed by atoms with Crippen LogP contribution in [0.4, 0.5) is 17.1 Å². The molecule has 0 unspecified atom stereocenters. The van der Waals surface area contributed by atoms with Gasteiger partial charge in [-0.25, -0.2) is 0 Å². The Morgan fingerprint density at radius 3 is 2.61 bits per heavy atom. The largest absolute Gasteiger partial charge is 0.480 e. The van der Waals surface area contributed by atoms with Crippen molar-refractivity contribution in [3.63, 3.8) is 0 Å². The Hall–Kier alpha value is -4.44. The van der Waals surface area contributed by atoms with E-state index in [1.54, 1.807) is 0 Å². The Labute approximate surface area is 208 Å². The SMILES string of the molecule is NC(=Nc1ccccc1)[NH2+]Cc1ccn(-c2cc(NCC(=O)O)c(NC(=O)C=O)c3c2CCCC3)c1. The minimum Gasteiger partial charge on any atom is -0.480 e. The Balaban J connectivity index is 1.63. The van der Waals surface area contributed by atoms with Gasteiger partial charge in [0.15, 0.2) is 0 Å². The third kappa shape index (κ3) is 5.97. The number of rotatable bonds is 9. The summed E-state index contributed by atoms with van der Waals surface area (Å²) in [6.45, 7) is 0.267. The number of nitrogens with zero attached hydrogens (tertiary/aromatic N) is 2. The van der Waals surface area contributed by atoms with Crippen LogP contribution in [0.3, 0.4) is 0 Å². The van der Waals surface area contributed by atoms with Crippen LogP contribution in [0.2, 0.25) is 0 Å². The Kier molecular flexibility index (Phi) is 7.76. The van der Waals surface area contributed by atoms with E-state index in [1.165, 1.54) is 0 Å². The minimum atomic E-state index is -1.03. The first-order valence-electron chi connectivity index (χ1n) is 11.7. The summed E-state index contributed by atoms with van der Waals surface area (Å²) in [6, 6.07) is 13.3. The number of guanidine groups is 1. The van der Waals surface area contributed by atoms with Crippen molar-refractivity contribution in [2.75, 3.05) is 17.2 Å². The van der Waals surface area contributed by atoms with Crippen molar-refractivity contribution >= 4 is 41.2 Å². The molecule has 10 heteroatoms. The maximum atomic E-state index is 11.9. The predicted molar refractivity (Wildman–Crippen MR) is 137 cm³/mol. The molecule has 7 N–H and O–H groups in total. The lowest BCUT2D eigenvalue weighted by molar-refractivity contribution is -0.559. The van der Waals surface area contributed by atoms with Gasteiger partial charge in [0.1, 0.15) is 13.1 Å². The molecule has 0 radical (unpaired) electrons. The molecule has 186 valence electrons. The standard InChI is InChI=1S/C26H28N6O4/c27-26(30-18-6-2-1-3-7-18)29-13-17-10-11-32(15-17)22-12-21(28-14-24(35)36)25(31-23(34)16-33)20-9-5-4-8-19(20)22/h1-3,6-7,10-12,15-16,28H,4-5,8-9,13-14H2,(H,31,34)(H,35,36)(H3,27,29,30)/p+1. The van der Waals surface area contributed by atoms with Crippen molar-refractivity contribution < 1.29 is 24.8 Å². The molecular weight excluding hydrogens is 460 g/mol. The molecule has 0 aliphatic heterocycles. The topological polar surface area (TPSA) is 155 Å². The maximum Gasteiger partial charge on any atom is 0.322 e. The molecule has 36 heavy (non-hydrogen) atoms. The van der Waals surface area contributed by atoms with Gasteiger partial charge in [-0.15, -0.1) is 0 Å². The number of para-hydroxylation sites is 1. The number of carboxylic acids is 1. The van der Waals surface area contributed by atoms with Crippen LogP contribution in [0.25, 0.3) is 5.69 Å². The number of hydrogen-bond acceptors (Lipinski definition) is 5. The van der Waals surface area contributed by atoms with E-state index >= 15 is 0 Å². The van der Waals surface area contributed by atoms with Crippen molar-refractivity contribution in [3.05, 3.63) is 71.5 Å². The molecule has 0 bridgehead atoms. The lowest BCUT2D eigenvalue weighted by Crippen LogP contribution is -2.89. The van der Waals surface area contributed by atoms with Crippen molar-refractivity contribution in [1.82, 2.24) is 4.57 Å². The fourth-order valence-corrected chi connectivity index (χ4v) is 4.39. The molecule has 0 fully saturated rings. The third-order valence-electron chi connectivity index (χ3n) is 6.01. The molecule has 1 amide bonds. The number of anilines is 2. The van der Waals surface area contributed by atoms with Gasteiger partial charge in [0, 0.05) is 18.0 Å². The number of aromatic nitrogens is 1. The van der Waals surface area contributed by atoms with Crippen LogP contribution in [0, 0.1) is 0 Å². The molecule has 0 saturated heterocycles. The smallest absolute Gasteiger partial charge is 0.322 e. The molecule has 10 nitrogen and oxygen atoms in total. The van der Waals surface area contributed by atoms with Crippen LogP contribution >= 0.6 is 0 Å². The molecular formula is C26H29N6O4+. The number of quaternary nitrogens is 1. The first-order valence-corrected chi connectivity index (χ1v) is 11.7. The molecule has 2 aromatic carbocycles. The highest BCUT2D eigenvalue weighted by atomic mass is 16.4. The summed E-state index contributed by atoms with van der Waals surface area (Å²) in [5, 5.41) is 16.6. The molecule has 1 aromatic heterocycles. The number of nitrogens with one attached hydrogen (secondary N) is 2. The molecule has 0 atom stereocenters.